The molecule has 0 spiro atoms. The second-order valence-electron chi connectivity index (χ2n) is 7.92. The van der Waals surface area contributed by atoms with Crippen LogP contribution in [0.1, 0.15) is 48.1 Å². The summed E-state index contributed by atoms with van der Waals surface area (Å²) in [4.78, 5) is 26.6. The smallest absolute Gasteiger partial charge is 0.259 e. The van der Waals surface area contributed by atoms with Crippen molar-refractivity contribution in [2.24, 2.45) is 5.92 Å². The Balaban J connectivity index is 1.59. The lowest BCUT2D eigenvalue weighted by molar-refractivity contribution is 0.244. The lowest BCUT2D eigenvalue weighted by atomic mass is 9.89. The molecule has 4 nitrogen and oxygen atoms in total. The molecule has 0 fully saturated rings. The van der Waals surface area contributed by atoms with Gasteiger partial charge in [0, 0.05) is 16.3 Å². The predicted molar refractivity (Wildman–Crippen MR) is 120 cm³/mol. The summed E-state index contributed by atoms with van der Waals surface area (Å²) in [6.45, 7) is 5.21. The molecule has 0 radical (unpaired) electrons. The minimum Gasteiger partial charge on any atom is -0.309 e. The van der Waals surface area contributed by atoms with Crippen LogP contribution < -0.4 is 5.56 Å². The van der Waals surface area contributed by atoms with Crippen LogP contribution >= 0.6 is 23.1 Å². The van der Waals surface area contributed by atoms with Crippen LogP contribution in [0.5, 0.6) is 0 Å². The summed E-state index contributed by atoms with van der Waals surface area (Å²) in [5.41, 5.74) is 2.53. The van der Waals surface area contributed by atoms with Crippen molar-refractivity contribution in [3.63, 3.8) is 0 Å². The summed E-state index contributed by atoms with van der Waals surface area (Å²) in [7, 11) is 2.08. The summed E-state index contributed by atoms with van der Waals surface area (Å²) in [6.07, 6.45) is 5.33. The van der Waals surface area contributed by atoms with Gasteiger partial charge in [-0.05, 0) is 68.7 Å². The molecule has 4 rings (SSSR count). The number of nitrogens with one attached hydrogen (secondary N) is 1. The van der Waals surface area contributed by atoms with E-state index in [2.05, 4.69) is 61.3 Å². The number of thioether (sulfide) groups is 1. The topological polar surface area (TPSA) is 49.0 Å². The number of H-pyrrole nitrogens is 1. The number of hydrogen-bond acceptors (Lipinski definition) is 5. The molecule has 148 valence electrons. The van der Waals surface area contributed by atoms with E-state index in [0.29, 0.717) is 5.92 Å². The van der Waals surface area contributed by atoms with Gasteiger partial charge in [0.1, 0.15) is 10.7 Å². The van der Waals surface area contributed by atoms with E-state index >= 15 is 0 Å². The highest BCUT2D eigenvalue weighted by atomic mass is 32.2. The van der Waals surface area contributed by atoms with Crippen molar-refractivity contribution in [1.29, 1.82) is 0 Å². The van der Waals surface area contributed by atoms with Crippen LogP contribution in [-0.2, 0) is 19.4 Å². The maximum atomic E-state index is 12.9. The van der Waals surface area contributed by atoms with E-state index in [1.807, 2.05) is 0 Å². The molecule has 0 unspecified atom stereocenters. The monoisotopic (exact) mass is 413 g/mol. The molecular formula is C22H27N3OS2. The van der Waals surface area contributed by atoms with Crippen molar-refractivity contribution in [3.8, 4) is 0 Å². The summed E-state index contributed by atoms with van der Waals surface area (Å²) >= 11 is 3.47. The minimum absolute atomic E-state index is 0.0247. The number of aromatic nitrogens is 2. The lowest BCUT2D eigenvalue weighted by Crippen LogP contribution is -2.26. The van der Waals surface area contributed by atoms with Gasteiger partial charge in [-0.3, -0.25) is 9.69 Å². The van der Waals surface area contributed by atoms with E-state index in [9.17, 15) is 4.79 Å². The van der Waals surface area contributed by atoms with Crippen LogP contribution in [0, 0.1) is 5.92 Å². The van der Waals surface area contributed by atoms with Gasteiger partial charge in [-0.25, -0.2) is 4.98 Å². The number of nitrogens with zero attached hydrogens (tertiary/aromatic N) is 2. The van der Waals surface area contributed by atoms with Gasteiger partial charge in [0.2, 0.25) is 0 Å². The zero-order valence-corrected chi connectivity index (χ0v) is 18.5. The molecule has 2 aromatic heterocycles. The Morgan fingerprint density at radius 2 is 2.11 bits per heavy atom. The first-order valence-corrected chi connectivity index (χ1v) is 11.9. The molecule has 0 saturated carbocycles. The number of fused-ring (bicyclic) bond motifs is 3. The highest BCUT2D eigenvalue weighted by Crippen LogP contribution is 2.36. The summed E-state index contributed by atoms with van der Waals surface area (Å²) in [5.74, 6) is 1.45. The zero-order chi connectivity index (χ0) is 19.8. The molecule has 1 aliphatic rings. The average Bonchev–Trinajstić information content (AvgIpc) is 3.05. The third-order valence-electron chi connectivity index (χ3n) is 5.83. The van der Waals surface area contributed by atoms with Gasteiger partial charge in [0.05, 0.1) is 11.4 Å². The molecule has 2 heterocycles. The molecule has 6 heteroatoms. The first-order valence-electron chi connectivity index (χ1n) is 9.84. The van der Waals surface area contributed by atoms with Crippen molar-refractivity contribution >= 4 is 33.3 Å². The van der Waals surface area contributed by atoms with Crippen molar-refractivity contribution in [3.05, 3.63) is 56.4 Å². The lowest BCUT2D eigenvalue weighted by Gasteiger charge is -2.24. The molecular weight excluding hydrogens is 386 g/mol. The highest BCUT2D eigenvalue weighted by molar-refractivity contribution is 7.98. The van der Waals surface area contributed by atoms with Gasteiger partial charge in [-0.15, -0.1) is 23.1 Å². The quantitative estimate of drug-likeness (QED) is 0.597. The average molecular weight is 414 g/mol. The van der Waals surface area contributed by atoms with Gasteiger partial charge in [-0.1, -0.05) is 19.1 Å². The Bertz CT molecular complexity index is 1040. The third kappa shape index (κ3) is 3.78. The molecule has 1 aromatic carbocycles. The SMILES string of the molecule is CSc1ccc(CN(C)[C@H](C)c2nc3sc4c(c3c(=O)[nH]2)CC[C@H](C)C4)cc1. The molecule has 1 aliphatic carbocycles. The van der Waals surface area contributed by atoms with Gasteiger partial charge >= 0.3 is 0 Å². The number of benzene rings is 1. The second-order valence-corrected chi connectivity index (χ2v) is 9.89. The number of aromatic amines is 1. The Hall–Kier alpha value is -1.63. The second kappa shape index (κ2) is 8.01. The molecule has 1 N–H and O–H groups in total. The van der Waals surface area contributed by atoms with Crippen molar-refractivity contribution < 1.29 is 0 Å². The van der Waals surface area contributed by atoms with Gasteiger partial charge in [-0.2, -0.15) is 0 Å². The number of rotatable bonds is 5. The predicted octanol–water partition coefficient (Wildman–Crippen LogP) is 5.02. The van der Waals surface area contributed by atoms with Crippen LogP contribution in [0.3, 0.4) is 0 Å². The Morgan fingerprint density at radius 3 is 2.82 bits per heavy atom. The Labute approximate surface area is 174 Å². The first kappa shape index (κ1) is 19.7. The van der Waals surface area contributed by atoms with E-state index in [1.165, 1.54) is 20.9 Å². The van der Waals surface area contributed by atoms with E-state index in [1.54, 1.807) is 23.1 Å². The normalized spacial score (nSPS) is 17.8. The molecule has 28 heavy (non-hydrogen) atoms. The highest BCUT2D eigenvalue weighted by Gasteiger charge is 2.24. The van der Waals surface area contributed by atoms with Crippen molar-refractivity contribution in [2.75, 3.05) is 13.3 Å². The fourth-order valence-corrected chi connectivity index (χ4v) is 5.73. The summed E-state index contributed by atoms with van der Waals surface area (Å²) in [5, 5.41) is 0.832. The molecule has 2 atom stereocenters. The summed E-state index contributed by atoms with van der Waals surface area (Å²) < 4.78 is 0. The molecule has 3 aromatic rings. The largest absolute Gasteiger partial charge is 0.309 e. The molecule has 0 saturated heterocycles. The number of aryl methyl sites for hydroxylation is 1. The number of hydrogen-bond donors (Lipinski definition) is 1. The van der Waals surface area contributed by atoms with Crippen LogP contribution in [-0.4, -0.2) is 28.2 Å². The maximum Gasteiger partial charge on any atom is 0.259 e. The van der Waals surface area contributed by atoms with Crippen molar-refractivity contribution in [1.82, 2.24) is 14.9 Å². The fraction of sp³-hybridized carbons (Fsp3) is 0.455. The Morgan fingerprint density at radius 1 is 1.36 bits per heavy atom. The van der Waals surface area contributed by atoms with E-state index in [4.69, 9.17) is 4.98 Å². The third-order valence-corrected chi connectivity index (χ3v) is 7.72. The van der Waals surface area contributed by atoms with E-state index in [-0.39, 0.29) is 11.6 Å². The van der Waals surface area contributed by atoms with E-state index < -0.39 is 0 Å². The van der Waals surface area contributed by atoms with Crippen LogP contribution in [0.2, 0.25) is 0 Å². The zero-order valence-electron chi connectivity index (χ0n) is 16.9. The van der Waals surface area contributed by atoms with Crippen LogP contribution in [0.4, 0.5) is 0 Å². The Kier molecular flexibility index (Phi) is 5.63. The van der Waals surface area contributed by atoms with Gasteiger partial charge < -0.3 is 4.98 Å². The van der Waals surface area contributed by atoms with Crippen LogP contribution in [0.15, 0.2) is 34.0 Å². The summed E-state index contributed by atoms with van der Waals surface area (Å²) in [6, 6.07) is 8.69. The molecule has 0 amide bonds. The van der Waals surface area contributed by atoms with Crippen molar-refractivity contribution in [2.45, 2.75) is 50.6 Å². The first-order chi connectivity index (χ1) is 13.5. The molecule has 0 bridgehead atoms. The van der Waals surface area contributed by atoms with Gasteiger partial charge in [0.15, 0.2) is 0 Å². The minimum atomic E-state index is 0.0247. The van der Waals surface area contributed by atoms with Crippen LogP contribution in [0.25, 0.3) is 10.2 Å². The fourth-order valence-electron chi connectivity index (χ4n) is 3.93. The number of thiophene rings is 1. The maximum absolute atomic E-state index is 12.9. The van der Waals surface area contributed by atoms with E-state index in [0.717, 1.165) is 41.8 Å². The van der Waals surface area contributed by atoms with Gasteiger partial charge in [0.25, 0.3) is 5.56 Å². The standard InChI is InChI=1S/C22H27N3OS2/c1-13-5-10-17-18(11-13)28-22-19(17)21(26)23-20(24-22)14(2)25(3)12-15-6-8-16(27-4)9-7-15/h6-9,13-14H,5,10-12H2,1-4H3,(H,23,24,26)/t13-,14+/m0/s1. The molecule has 0 aliphatic heterocycles.